The molecule has 21 rings (SSSR count). The Bertz CT molecular complexity index is 6550. The molecule has 12 aromatic rings. The van der Waals surface area contributed by atoms with Gasteiger partial charge in [-0.05, 0) is 508 Å². The van der Waals surface area contributed by atoms with Crippen LogP contribution in [0.5, 0.6) is 0 Å². The van der Waals surface area contributed by atoms with E-state index >= 15 is 0 Å². The second kappa shape index (κ2) is 36.1. The Balaban J connectivity index is 0.718. The first-order valence-corrected chi connectivity index (χ1v) is 61.0. The molecule has 150 heavy (non-hydrogen) atoms. The third kappa shape index (κ3) is 15.0. The van der Waals surface area contributed by atoms with Crippen LogP contribution in [0.4, 0.5) is 45.5 Å². The smallest absolute Gasteiger partial charge is 0.115 e. The first kappa shape index (κ1) is 106. The molecule has 0 saturated carbocycles. The minimum Gasteiger partial charge on any atom is -0.310 e. The Kier molecular flexibility index (Phi) is 25.6. The lowest BCUT2D eigenvalue weighted by atomic mass is 9.72. The SMILES string of the molecule is CCC1(CC)CC(C)(C)c2c1cc1c(c2-c2ccc(N(c3ccc(-c4c5c(c(-c6ccc(N(c7ccc(-c8c9c(cc%10c8C(C)(C)CC%10(CC)CC)C(CC)(CC)CC9(C)C)cc7C)c7ccc(-c8c9c(cc%10c8C(C)(C)CC%10(CC)CC)C(CC)(CC)CC9(C)C)cc7C)cc6)c6nsnc46)N=S=N5)cc3)c3ccc(-c4c5c(cc6c4C(C)(C)CC6(CC)CC)C(CC)(CC)CC5(C)C)cc3C)c(C)c2)C(C)(C)CC1(CC)CC. The van der Waals surface area contributed by atoms with Gasteiger partial charge < -0.3 is 9.80 Å². The molecule has 1 aromatic heterocycles. The molecule has 0 spiro atoms. The van der Waals surface area contributed by atoms with Crippen molar-refractivity contribution in [2.45, 2.75) is 490 Å². The van der Waals surface area contributed by atoms with Crippen LogP contribution in [-0.2, 0) is 98.0 Å². The fraction of sp³-hybridized carbons (Fsp3) is 0.535. The highest BCUT2D eigenvalue weighted by atomic mass is 32.1. The maximum Gasteiger partial charge on any atom is 0.115 e. The summed E-state index contributed by atoms with van der Waals surface area (Å²) in [7, 11) is 0. The maximum atomic E-state index is 5.37. The van der Waals surface area contributed by atoms with Gasteiger partial charge in [-0.2, -0.15) is 17.5 Å². The van der Waals surface area contributed by atoms with Crippen LogP contribution in [0.3, 0.4) is 0 Å². The maximum absolute atomic E-state index is 5.37. The summed E-state index contributed by atoms with van der Waals surface area (Å²) in [5, 5.41) is 0. The predicted molar refractivity (Wildman–Crippen MR) is 649 cm³/mol. The molecule has 0 amide bonds. The van der Waals surface area contributed by atoms with Crippen molar-refractivity contribution < 1.29 is 0 Å². The molecule has 0 fully saturated rings. The molecule has 0 unspecified atom stereocenters. The first-order valence-electron chi connectivity index (χ1n) is 59.5. The first-order chi connectivity index (χ1) is 70.9. The van der Waals surface area contributed by atoms with Crippen molar-refractivity contribution in [3.63, 3.8) is 0 Å². The summed E-state index contributed by atoms with van der Waals surface area (Å²) in [6.07, 6.45) is 27.7. The zero-order valence-corrected chi connectivity index (χ0v) is 101. The van der Waals surface area contributed by atoms with E-state index < -0.39 is 0 Å². The summed E-state index contributed by atoms with van der Waals surface area (Å²) in [5.74, 6) is 0. The molecule has 2 heterocycles. The number of hydrogen-bond donors (Lipinski definition) is 0. The summed E-state index contributed by atoms with van der Waals surface area (Å²) in [6.45, 7) is 90.4. The lowest BCUT2D eigenvalue weighted by Gasteiger charge is -2.33. The Morgan fingerprint density at radius 1 is 0.213 bits per heavy atom. The minimum atomic E-state index is -0.0131. The molecule has 9 aliphatic rings. The number of hydrogen-bond acceptors (Lipinski definition) is 7. The Morgan fingerprint density at radius 2 is 0.380 bits per heavy atom. The summed E-state index contributed by atoms with van der Waals surface area (Å²) < 4.78 is 21.5. The second-order valence-electron chi connectivity index (χ2n) is 55.2. The Labute approximate surface area is 913 Å². The van der Waals surface area contributed by atoms with Gasteiger partial charge in [0.15, 0.2) is 0 Å². The molecule has 0 radical (unpaired) electrons. The van der Waals surface area contributed by atoms with E-state index in [1.807, 2.05) is 0 Å². The van der Waals surface area contributed by atoms with Crippen LogP contribution in [0.15, 0.2) is 154 Å². The van der Waals surface area contributed by atoms with Crippen molar-refractivity contribution >= 4 is 79.6 Å². The van der Waals surface area contributed by atoms with Crippen LogP contribution in [0.25, 0.3) is 77.8 Å². The van der Waals surface area contributed by atoms with Gasteiger partial charge >= 0.3 is 0 Å². The molecule has 11 aromatic carbocycles. The lowest BCUT2D eigenvalue weighted by Crippen LogP contribution is -2.26. The average Bonchev–Trinajstić information content (AvgIpc) is 1.53. The molecule has 8 aliphatic carbocycles. The van der Waals surface area contributed by atoms with Crippen molar-refractivity contribution in [3.8, 4) is 66.8 Å². The highest BCUT2D eigenvalue weighted by molar-refractivity contribution is 7.58. The van der Waals surface area contributed by atoms with E-state index in [0.717, 1.165) is 159 Å². The highest BCUT2D eigenvalue weighted by Crippen LogP contribution is 2.72. The van der Waals surface area contributed by atoms with Crippen molar-refractivity contribution in [1.82, 2.24) is 8.75 Å². The van der Waals surface area contributed by atoms with Crippen molar-refractivity contribution in [2.24, 2.45) is 8.73 Å². The standard InChI is InChI=1S/C142H180N6S2/c1-37-135(38-2)77-127(21,22)115-97(135)73-98-116(128(23,24)78-136(98,39-3)40-4)109(115)91-57-65-105(85(17)69-91)147(106-66-58-92(70-86(106)18)110-117-99(137(41-5,42-6)79-129(117,25)26)74-100-118(110)130(27,28)80-138(100,43-7)44-8)95-61-53-89(54-62-95)113-123-125(145-149-143-123)114(126-124(113)144-150-146-126)90-55-63-96(64-56-90)148(107-67-59-93(71-87(107)19)111-119-101(139(45-9,46-10)81-131(119,29)30)75-102-120(111)132(31,32)82-140(102,47-11)48-12)108-68-60-94(72-88(108)20)112-121-103(141(49-13,50-14)83-133(121,33)34)76-104-122(112)134(35,36)84-142(104,51-15)52-16/h53-76H,37-52,77-84H2,1-36H3. The normalized spacial score (nSPS) is 20.6. The Morgan fingerprint density at radius 3 is 0.540 bits per heavy atom. The number of aromatic nitrogens is 2. The number of nitrogens with zero attached hydrogens (tertiary/aromatic N) is 6. The summed E-state index contributed by atoms with van der Waals surface area (Å²) in [6, 6.07) is 60.8. The molecule has 1 aliphatic heterocycles. The van der Waals surface area contributed by atoms with Crippen LogP contribution in [0.2, 0.25) is 0 Å². The van der Waals surface area contributed by atoms with Gasteiger partial charge in [0, 0.05) is 45.3 Å². The summed E-state index contributed by atoms with van der Waals surface area (Å²) in [4.78, 5) is 5.22. The zero-order valence-electron chi connectivity index (χ0n) is 99.3. The topological polar surface area (TPSA) is 57.0 Å². The fourth-order valence-corrected chi connectivity index (χ4v) is 37.7. The molecule has 0 saturated heterocycles. The third-order valence-corrected chi connectivity index (χ3v) is 45.1. The van der Waals surface area contributed by atoms with Gasteiger partial charge in [-0.15, -0.1) is 0 Å². The monoisotopic (exact) mass is 2030 g/mol. The van der Waals surface area contributed by atoms with Gasteiger partial charge in [-0.1, -0.05) is 294 Å². The molecule has 6 nitrogen and oxygen atoms in total. The quantitative estimate of drug-likeness (QED) is 0.0490. The van der Waals surface area contributed by atoms with Gasteiger partial charge in [-0.25, -0.2) is 0 Å². The van der Waals surface area contributed by atoms with Gasteiger partial charge in [0.1, 0.15) is 22.4 Å². The molecule has 0 atom stereocenters. The van der Waals surface area contributed by atoms with Gasteiger partial charge in [-0.3, -0.25) is 0 Å². The Hall–Kier alpha value is -9.34. The van der Waals surface area contributed by atoms with Crippen molar-refractivity contribution in [2.75, 3.05) is 9.80 Å². The number of rotatable bonds is 28. The van der Waals surface area contributed by atoms with Crippen LogP contribution in [0, 0.1) is 27.7 Å². The van der Waals surface area contributed by atoms with Crippen LogP contribution >= 0.6 is 11.7 Å². The average molecular weight is 2040 g/mol. The fourth-order valence-electron chi connectivity index (χ4n) is 36.6. The van der Waals surface area contributed by atoms with E-state index in [1.165, 1.54) is 164 Å². The number of fused-ring (bicyclic) bond motifs is 10. The molecular weight excluding hydrogens is 1850 g/mol. The molecule has 0 N–H and O–H groups in total. The summed E-state index contributed by atoms with van der Waals surface area (Å²) in [5.41, 5.74) is 57.6. The number of aryl methyl sites for hydroxylation is 4. The largest absolute Gasteiger partial charge is 0.310 e. The van der Waals surface area contributed by atoms with Crippen molar-refractivity contribution in [1.29, 1.82) is 0 Å². The minimum absolute atomic E-state index is 0.0131. The second-order valence-corrected chi connectivity index (χ2v) is 56.3. The van der Waals surface area contributed by atoms with E-state index in [1.54, 1.807) is 89.0 Å². The van der Waals surface area contributed by atoms with Crippen LogP contribution in [0.1, 0.15) is 487 Å². The summed E-state index contributed by atoms with van der Waals surface area (Å²) >= 11 is 2.58. The number of benzene rings is 11. The zero-order chi connectivity index (χ0) is 108. The molecular formula is C142H180N6S2. The van der Waals surface area contributed by atoms with E-state index in [0.29, 0.717) is 0 Å². The number of anilines is 6. The van der Waals surface area contributed by atoms with E-state index in [9.17, 15) is 0 Å². The van der Waals surface area contributed by atoms with Crippen LogP contribution < -0.4 is 9.80 Å². The van der Waals surface area contributed by atoms with Gasteiger partial charge in [0.2, 0.25) is 0 Å². The molecule has 8 heteroatoms. The van der Waals surface area contributed by atoms with Crippen molar-refractivity contribution in [3.05, 3.63) is 257 Å². The molecule has 790 valence electrons. The molecule has 0 bridgehead atoms. The van der Waals surface area contributed by atoms with E-state index in [2.05, 4.69) is 405 Å². The van der Waals surface area contributed by atoms with Gasteiger partial charge in [0.05, 0.1) is 23.1 Å². The predicted octanol–water partition coefficient (Wildman–Crippen LogP) is 42.5. The van der Waals surface area contributed by atoms with E-state index in [-0.39, 0.29) is 86.6 Å². The van der Waals surface area contributed by atoms with Crippen LogP contribution in [-0.4, -0.2) is 8.75 Å². The van der Waals surface area contributed by atoms with E-state index in [4.69, 9.17) is 17.5 Å². The lowest BCUT2D eigenvalue weighted by molar-refractivity contribution is 0.322. The third-order valence-electron chi connectivity index (χ3n) is 44.0. The van der Waals surface area contributed by atoms with Gasteiger partial charge in [0.25, 0.3) is 0 Å². The highest BCUT2D eigenvalue weighted by Gasteiger charge is 2.61.